The highest BCUT2D eigenvalue weighted by molar-refractivity contribution is 5.70. The number of pyridine rings is 1. The number of aromatic amines is 1. The van der Waals surface area contributed by atoms with Gasteiger partial charge in [-0.25, -0.2) is 0 Å². The Morgan fingerprint density at radius 2 is 2.29 bits per heavy atom. The summed E-state index contributed by atoms with van der Waals surface area (Å²) >= 11 is 0. The minimum atomic E-state index is -0.964. The smallest absolute Gasteiger partial charge is 0.308 e. The second-order valence-electron chi connectivity index (χ2n) is 3.55. The van der Waals surface area contributed by atoms with Gasteiger partial charge in [0.2, 0.25) is 0 Å². The van der Waals surface area contributed by atoms with Gasteiger partial charge in [-0.15, -0.1) is 0 Å². The van der Waals surface area contributed by atoms with Crippen molar-refractivity contribution in [2.24, 2.45) is 0 Å². The van der Waals surface area contributed by atoms with Crippen molar-refractivity contribution in [2.45, 2.75) is 25.7 Å². The molecule has 0 aromatic carbocycles. The second-order valence-corrected chi connectivity index (χ2v) is 3.55. The van der Waals surface area contributed by atoms with Crippen molar-refractivity contribution in [3.8, 4) is 0 Å². The van der Waals surface area contributed by atoms with Gasteiger partial charge in [-0.05, 0) is 30.9 Å². The third-order valence-corrected chi connectivity index (χ3v) is 2.51. The van der Waals surface area contributed by atoms with E-state index >= 15 is 0 Å². The van der Waals surface area contributed by atoms with Gasteiger partial charge in [0.1, 0.15) is 0 Å². The van der Waals surface area contributed by atoms with Crippen molar-refractivity contribution in [2.75, 3.05) is 0 Å². The molecule has 1 heterocycles. The first kappa shape index (κ1) is 8.99. The topological polar surface area (TPSA) is 70.2 Å². The molecular weight excluding hydrogens is 182 g/mol. The number of aromatic nitrogens is 1. The minimum Gasteiger partial charge on any atom is -0.481 e. The molecule has 0 saturated heterocycles. The number of carbonyl (C=O) groups is 1. The van der Waals surface area contributed by atoms with Crippen molar-refractivity contribution in [3.05, 3.63) is 33.2 Å². The Hall–Kier alpha value is -1.58. The molecule has 0 spiro atoms. The first-order valence-electron chi connectivity index (χ1n) is 4.62. The highest BCUT2D eigenvalue weighted by Gasteiger charge is 2.15. The van der Waals surface area contributed by atoms with E-state index in [-0.39, 0.29) is 12.0 Å². The maximum atomic E-state index is 11.4. The molecule has 2 N–H and O–H groups in total. The predicted molar refractivity (Wildman–Crippen MR) is 50.4 cm³/mol. The van der Waals surface area contributed by atoms with Crippen LogP contribution in [0.25, 0.3) is 0 Å². The van der Waals surface area contributed by atoms with Crippen LogP contribution in [-0.2, 0) is 24.1 Å². The predicted octanol–water partition coefficient (Wildman–Crippen LogP) is 0.491. The summed E-state index contributed by atoms with van der Waals surface area (Å²) in [6.45, 7) is 0. The summed E-state index contributed by atoms with van der Waals surface area (Å²) in [7, 11) is 0. The molecule has 14 heavy (non-hydrogen) atoms. The number of H-pyrrole nitrogens is 1. The molecule has 0 unspecified atom stereocenters. The molecule has 0 bridgehead atoms. The number of hydrogen-bond acceptors (Lipinski definition) is 2. The van der Waals surface area contributed by atoms with E-state index in [1.165, 1.54) is 0 Å². The van der Waals surface area contributed by atoms with Crippen LogP contribution in [-0.4, -0.2) is 16.1 Å². The zero-order valence-corrected chi connectivity index (χ0v) is 7.67. The van der Waals surface area contributed by atoms with Crippen LogP contribution in [0, 0.1) is 0 Å². The fraction of sp³-hybridized carbons (Fsp3) is 0.400. The van der Waals surface area contributed by atoms with Crippen molar-refractivity contribution >= 4 is 5.97 Å². The lowest BCUT2D eigenvalue weighted by Gasteiger charge is -2.01. The second kappa shape index (κ2) is 3.29. The van der Waals surface area contributed by atoms with E-state index in [1.807, 2.05) is 0 Å². The lowest BCUT2D eigenvalue weighted by molar-refractivity contribution is -0.136. The summed E-state index contributed by atoms with van der Waals surface area (Å²) in [5, 5.41) is 8.59. The van der Waals surface area contributed by atoms with E-state index in [0.717, 1.165) is 30.5 Å². The Balaban J connectivity index is 2.42. The molecule has 0 atom stereocenters. The van der Waals surface area contributed by atoms with Crippen LogP contribution in [0.5, 0.6) is 0 Å². The van der Waals surface area contributed by atoms with E-state index < -0.39 is 5.97 Å². The summed E-state index contributed by atoms with van der Waals surface area (Å²) in [4.78, 5) is 24.6. The standard InChI is InChI=1S/C10H11NO3/c12-9(13)5-7-4-6-2-1-3-8(6)11-10(7)14/h4H,1-3,5H2,(H,11,14)(H,12,13). The number of aliphatic carboxylic acids is 1. The molecule has 0 saturated carbocycles. The Kier molecular flexibility index (Phi) is 2.11. The van der Waals surface area contributed by atoms with Crippen molar-refractivity contribution < 1.29 is 9.90 Å². The first-order chi connectivity index (χ1) is 6.66. The highest BCUT2D eigenvalue weighted by atomic mass is 16.4. The minimum absolute atomic E-state index is 0.192. The van der Waals surface area contributed by atoms with Gasteiger partial charge >= 0.3 is 5.97 Å². The van der Waals surface area contributed by atoms with Crippen LogP contribution in [0.1, 0.15) is 23.2 Å². The zero-order chi connectivity index (χ0) is 10.1. The maximum absolute atomic E-state index is 11.4. The van der Waals surface area contributed by atoms with Gasteiger partial charge in [0.15, 0.2) is 0 Å². The molecular formula is C10H11NO3. The SMILES string of the molecule is O=C(O)Cc1cc2c([nH]c1=O)CCC2. The van der Waals surface area contributed by atoms with Crippen LogP contribution >= 0.6 is 0 Å². The summed E-state index contributed by atoms with van der Waals surface area (Å²) in [6, 6.07) is 1.73. The molecule has 4 nitrogen and oxygen atoms in total. The van der Waals surface area contributed by atoms with E-state index in [4.69, 9.17) is 5.11 Å². The Morgan fingerprint density at radius 3 is 3.00 bits per heavy atom. The number of carboxylic acid groups (broad SMARTS) is 1. The number of hydrogen-bond donors (Lipinski definition) is 2. The van der Waals surface area contributed by atoms with Gasteiger partial charge in [-0.1, -0.05) is 0 Å². The molecule has 1 aromatic rings. The molecule has 1 aromatic heterocycles. The van der Waals surface area contributed by atoms with Crippen LogP contribution in [0.3, 0.4) is 0 Å². The molecule has 1 aliphatic carbocycles. The monoisotopic (exact) mass is 193 g/mol. The molecule has 74 valence electrons. The van der Waals surface area contributed by atoms with Crippen molar-refractivity contribution in [3.63, 3.8) is 0 Å². The summed E-state index contributed by atoms with van der Waals surface area (Å²) in [6.07, 6.45) is 2.70. The van der Waals surface area contributed by atoms with Crippen molar-refractivity contribution in [1.82, 2.24) is 4.98 Å². The average molecular weight is 193 g/mol. The van der Waals surface area contributed by atoms with Gasteiger partial charge in [0.05, 0.1) is 6.42 Å². The fourth-order valence-corrected chi connectivity index (χ4v) is 1.86. The van der Waals surface area contributed by atoms with Gasteiger partial charge in [0.25, 0.3) is 5.56 Å². The molecule has 0 aliphatic heterocycles. The largest absolute Gasteiger partial charge is 0.481 e. The third kappa shape index (κ3) is 1.55. The Labute approximate surface area is 80.6 Å². The summed E-state index contributed by atoms with van der Waals surface area (Å²) in [5.41, 5.74) is 2.18. The number of nitrogens with one attached hydrogen (secondary N) is 1. The van der Waals surface area contributed by atoms with Crippen LogP contribution in [0.2, 0.25) is 0 Å². The Bertz CT molecular complexity index is 433. The van der Waals surface area contributed by atoms with Crippen molar-refractivity contribution in [1.29, 1.82) is 0 Å². The van der Waals surface area contributed by atoms with Crippen LogP contribution < -0.4 is 5.56 Å². The highest BCUT2D eigenvalue weighted by Crippen LogP contribution is 2.18. The molecule has 0 amide bonds. The maximum Gasteiger partial charge on any atom is 0.308 e. The van der Waals surface area contributed by atoms with E-state index in [2.05, 4.69) is 4.98 Å². The molecule has 0 fully saturated rings. The fourth-order valence-electron chi connectivity index (χ4n) is 1.86. The number of aryl methyl sites for hydroxylation is 2. The summed E-state index contributed by atoms with van der Waals surface area (Å²) in [5.74, 6) is -0.964. The van der Waals surface area contributed by atoms with Gasteiger partial charge < -0.3 is 10.1 Å². The van der Waals surface area contributed by atoms with E-state index in [0.29, 0.717) is 5.56 Å². The number of carboxylic acids is 1. The number of rotatable bonds is 2. The first-order valence-corrected chi connectivity index (χ1v) is 4.62. The molecule has 4 heteroatoms. The van der Waals surface area contributed by atoms with Gasteiger partial charge in [0, 0.05) is 11.3 Å². The lowest BCUT2D eigenvalue weighted by atomic mass is 10.1. The Morgan fingerprint density at radius 1 is 1.50 bits per heavy atom. The van der Waals surface area contributed by atoms with E-state index in [1.54, 1.807) is 6.07 Å². The van der Waals surface area contributed by atoms with Gasteiger partial charge in [-0.3, -0.25) is 9.59 Å². The normalized spacial score (nSPS) is 14.0. The molecule has 2 rings (SSSR count). The van der Waals surface area contributed by atoms with Crippen LogP contribution in [0.15, 0.2) is 10.9 Å². The summed E-state index contributed by atoms with van der Waals surface area (Å²) < 4.78 is 0. The molecule has 1 aliphatic rings. The average Bonchev–Trinajstić information content (AvgIpc) is 2.51. The molecule has 0 radical (unpaired) electrons. The lowest BCUT2D eigenvalue weighted by Crippen LogP contribution is -2.17. The van der Waals surface area contributed by atoms with Gasteiger partial charge in [-0.2, -0.15) is 0 Å². The third-order valence-electron chi connectivity index (χ3n) is 2.51. The quantitative estimate of drug-likeness (QED) is 0.718. The van der Waals surface area contributed by atoms with Crippen LogP contribution in [0.4, 0.5) is 0 Å². The number of fused-ring (bicyclic) bond motifs is 1. The zero-order valence-electron chi connectivity index (χ0n) is 7.67. The van der Waals surface area contributed by atoms with E-state index in [9.17, 15) is 9.59 Å².